The topological polar surface area (TPSA) is 70.5 Å². The first-order valence-electron chi connectivity index (χ1n) is 14.0. The number of aromatic nitrogens is 2. The Morgan fingerprint density at radius 3 is 2.64 bits per heavy atom. The molecule has 3 heterocycles. The number of hydrogen-bond acceptors (Lipinski definition) is 4. The van der Waals surface area contributed by atoms with Crippen LogP contribution < -0.4 is 5.32 Å². The van der Waals surface area contributed by atoms with Gasteiger partial charge in [-0.15, -0.1) is 0 Å². The van der Waals surface area contributed by atoms with Crippen LogP contribution in [0.1, 0.15) is 80.3 Å². The van der Waals surface area contributed by atoms with Gasteiger partial charge in [-0.05, 0) is 44.6 Å². The summed E-state index contributed by atoms with van der Waals surface area (Å²) in [5.74, 6) is 0.000513. The van der Waals surface area contributed by atoms with Gasteiger partial charge in [-0.25, -0.2) is 4.98 Å². The molecule has 0 bridgehead atoms. The number of rotatable bonds is 7. The first-order valence-corrected chi connectivity index (χ1v) is 14.0. The van der Waals surface area contributed by atoms with Crippen LogP contribution in [0.2, 0.25) is 0 Å². The van der Waals surface area contributed by atoms with Gasteiger partial charge in [0.2, 0.25) is 11.8 Å². The van der Waals surface area contributed by atoms with Gasteiger partial charge in [0.25, 0.3) is 0 Å². The van der Waals surface area contributed by atoms with E-state index in [1.165, 1.54) is 17.7 Å². The summed E-state index contributed by atoms with van der Waals surface area (Å²) in [4.78, 5) is 33.0. The smallest absolute Gasteiger partial charge is 0.349 e. The van der Waals surface area contributed by atoms with Gasteiger partial charge in [-0.1, -0.05) is 30.3 Å². The number of imidazole rings is 1. The molecule has 210 valence electrons. The fourth-order valence-electron chi connectivity index (χ4n) is 8.05. The average molecular weight is 544 g/mol. The molecule has 2 aromatic rings. The predicted octanol–water partition coefficient (Wildman–Crippen LogP) is 4.46. The van der Waals surface area contributed by atoms with Crippen LogP contribution in [0.5, 0.6) is 0 Å². The average Bonchev–Trinajstić information content (AvgIpc) is 3.40. The van der Waals surface area contributed by atoms with Crippen molar-refractivity contribution in [2.24, 2.45) is 5.41 Å². The molecule has 10 heteroatoms. The number of benzene rings is 1. The Morgan fingerprint density at radius 2 is 1.97 bits per heavy atom. The molecule has 1 aromatic heterocycles. The molecule has 6 rings (SSSR count). The van der Waals surface area contributed by atoms with Crippen molar-refractivity contribution in [2.45, 2.75) is 95.7 Å². The number of fused-ring (bicyclic) bond motifs is 1. The second-order valence-corrected chi connectivity index (χ2v) is 11.9. The van der Waals surface area contributed by atoms with Crippen LogP contribution in [0.3, 0.4) is 0 Å². The van der Waals surface area contributed by atoms with Crippen molar-refractivity contribution in [1.29, 1.82) is 0 Å². The number of halogens is 3. The van der Waals surface area contributed by atoms with Crippen molar-refractivity contribution in [3.05, 3.63) is 53.1 Å². The summed E-state index contributed by atoms with van der Waals surface area (Å²) in [7, 11) is 0. The van der Waals surface area contributed by atoms with Crippen LogP contribution in [0.25, 0.3) is 0 Å². The molecule has 1 spiro atoms. The standard InChI is InChI=1S/C29H36F3N5O2/c1-18-33-23-9-12-35(27(39)16-29(30,31)32)17-24(23)37(18)21-14-26-28(15-21)11-8-25(28)36(26)13-10-22(34-19(2)38)20-6-4-3-5-7-20/h3-7,21-22,25-26H,8-17H2,1-2H3,(H,34,38)/t21?,22-,25?,26?,28?/m0/s1. The summed E-state index contributed by atoms with van der Waals surface area (Å²) in [5, 5.41) is 3.12. The van der Waals surface area contributed by atoms with E-state index >= 15 is 0 Å². The molecule has 4 unspecified atom stereocenters. The van der Waals surface area contributed by atoms with Crippen LogP contribution >= 0.6 is 0 Å². The van der Waals surface area contributed by atoms with E-state index in [1.807, 2.05) is 25.1 Å². The zero-order valence-electron chi connectivity index (χ0n) is 22.5. The van der Waals surface area contributed by atoms with Crippen molar-refractivity contribution in [3.63, 3.8) is 0 Å². The highest BCUT2D eigenvalue weighted by molar-refractivity contribution is 5.77. The summed E-state index contributed by atoms with van der Waals surface area (Å²) in [6, 6.07) is 11.3. The van der Waals surface area contributed by atoms with E-state index in [4.69, 9.17) is 4.98 Å². The Morgan fingerprint density at radius 1 is 1.21 bits per heavy atom. The molecule has 1 N–H and O–H groups in total. The first kappa shape index (κ1) is 26.3. The zero-order chi connectivity index (χ0) is 27.5. The molecular weight excluding hydrogens is 507 g/mol. The highest BCUT2D eigenvalue weighted by Gasteiger charge is 2.69. The molecule has 2 amide bonds. The minimum absolute atomic E-state index is 0.0286. The zero-order valence-corrected chi connectivity index (χ0v) is 22.5. The minimum atomic E-state index is -4.50. The second-order valence-electron chi connectivity index (χ2n) is 11.9. The van der Waals surface area contributed by atoms with Crippen LogP contribution in [0.15, 0.2) is 30.3 Å². The van der Waals surface area contributed by atoms with Crippen molar-refractivity contribution >= 4 is 11.8 Å². The normalized spacial score (nSPS) is 28.5. The Balaban J connectivity index is 1.16. The maximum absolute atomic E-state index is 12.9. The number of hydrogen-bond donors (Lipinski definition) is 1. The third-order valence-electron chi connectivity index (χ3n) is 9.68. The summed E-state index contributed by atoms with van der Waals surface area (Å²) < 4.78 is 40.9. The highest BCUT2D eigenvalue weighted by Crippen LogP contribution is 2.67. The molecule has 3 fully saturated rings. The fourth-order valence-corrected chi connectivity index (χ4v) is 8.05. The number of nitrogens with one attached hydrogen (secondary N) is 1. The molecule has 5 atom stereocenters. The van der Waals surface area contributed by atoms with Crippen molar-refractivity contribution in [1.82, 2.24) is 24.7 Å². The van der Waals surface area contributed by atoms with Gasteiger partial charge in [0.1, 0.15) is 12.2 Å². The van der Waals surface area contributed by atoms with E-state index in [0.29, 0.717) is 23.9 Å². The minimum Gasteiger partial charge on any atom is -0.349 e. The van der Waals surface area contributed by atoms with Crippen LogP contribution in [-0.2, 0) is 22.6 Å². The molecule has 2 aliphatic carbocycles. The van der Waals surface area contributed by atoms with Crippen LogP contribution in [0.4, 0.5) is 13.2 Å². The Kier molecular flexibility index (Phi) is 6.51. The lowest BCUT2D eigenvalue weighted by atomic mass is 9.53. The van der Waals surface area contributed by atoms with E-state index in [0.717, 1.165) is 48.6 Å². The van der Waals surface area contributed by atoms with Gasteiger partial charge < -0.3 is 14.8 Å². The van der Waals surface area contributed by atoms with Crippen molar-refractivity contribution in [3.8, 4) is 0 Å². The molecule has 1 saturated heterocycles. The molecule has 2 saturated carbocycles. The lowest BCUT2D eigenvalue weighted by Crippen LogP contribution is -2.74. The molecule has 1 aromatic carbocycles. The van der Waals surface area contributed by atoms with Gasteiger partial charge in [-0.3, -0.25) is 14.5 Å². The highest BCUT2D eigenvalue weighted by atomic mass is 19.4. The quantitative estimate of drug-likeness (QED) is 0.560. The number of likely N-dealkylation sites (tertiary alicyclic amines) is 1. The van der Waals surface area contributed by atoms with E-state index in [9.17, 15) is 22.8 Å². The number of nitrogens with zero attached hydrogens (tertiary/aromatic N) is 4. The monoisotopic (exact) mass is 543 g/mol. The maximum atomic E-state index is 12.9. The summed E-state index contributed by atoms with van der Waals surface area (Å²) >= 11 is 0. The Bertz CT molecular complexity index is 1260. The van der Waals surface area contributed by atoms with Crippen molar-refractivity contribution in [2.75, 3.05) is 13.1 Å². The number of carbonyl (C=O) groups excluding carboxylic acids is 2. The van der Waals surface area contributed by atoms with E-state index in [1.54, 1.807) is 6.92 Å². The maximum Gasteiger partial charge on any atom is 0.397 e. The summed E-state index contributed by atoms with van der Waals surface area (Å²) in [6.07, 6.45) is -0.169. The molecule has 4 aliphatic rings. The van der Waals surface area contributed by atoms with Crippen LogP contribution in [-0.4, -0.2) is 62.5 Å². The van der Waals surface area contributed by atoms with Gasteiger partial charge in [0, 0.05) is 50.0 Å². The molecule has 0 radical (unpaired) electrons. The second kappa shape index (κ2) is 9.64. The number of amides is 2. The third kappa shape index (κ3) is 4.64. The lowest BCUT2D eigenvalue weighted by Gasteiger charge is -2.68. The van der Waals surface area contributed by atoms with Crippen molar-refractivity contribution < 1.29 is 22.8 Å². The Labute approximate surface area is 226 Å². The number of piperidine rings is 1. The SMILES string of the molecule is CC(=O)N[C@@H](CCN1C2CCC23CC(n2c(C)nc4c2CN(C(=O)CC(F)(F)F)CC4)CC13)c1ccccc1. The van der Waals surface area contributed by atoms with E-state index < -0.39 is 18.5 Å². The van der Waals surface area contributed by atoms with Gasteiger partial charge >= 0.3 is 6.18 Å². The van der Waals surface area contributed by atoms with E-state index in [2.05, 4.69) is 26.9 Å². The first-order chi connectivity index (χ1) is 18.6. The number of carbonyl (C=O) groups is 2. The molecule has 7 nitrogen and oxygen atoms in total. The number of alkyl halides is 3. The van der Waals surface area contributed by atoms with Gasteiger partial charge in [0.05, 0.1) is 24.0 Å². The number of aryl methyl sites for hydroxylation is 1. The third-order valence-corrected chi connectivity index (χ3v) is 9.68. The van der Waals surface area contributed by atoms with Gasteiger partial charge in [0.15, 0.2) is 0 Å². The molecular formula is C29H36F3N5O2. The fraction of sp³-hybridized carbons (Fsp3) is 0.621. The Hall–Kier alpha value is -2.88. The van der Waals surface area contributed by atoms with Crippen LogP contribution in [0, 0.1) is 12.3 Å². The largest absolute Gasteiger partial charge is 0.397 e. The summed E-state index contributed by atoms with van der Waals surface area (Å²) in [6.45, 7) is 4.92. The van der Waals surface area contributed by atoms with E-state index in [-0.39, 0.29) is 31.1 Å². The predicted molar refractivity (Wildman–Crippen MR) is 139 cm³/mol. The molecule has 2 aliphatic heterocycles. The lowest BCUT2D eigenvalue weighted by molar-refractivity contribution is -0.188. The summed E-state index contributed by atoms with van der Waals surface area (Å²) in [5.41, 5.74) is 3.24. The molecule has 39 heavy (non-hydrogen) atoms. The van der Waals surface area contributed by atoms with Gasteiger partial charge in [-0.2, -0.15) is 13.2 Å².